The van der Waals surface area contributed by atoms with E-state index in [0.29, 0.717) is 17.5 Å². The predicted molar refractivity (Wildman–Crippen MR) is 268 cm³/mol. The van der Waals surface area contributed by atoms with Crippen LogP contribution in [0.25, 0.3) is 128 Å². The van der Waals surface area contributed by atoms with E-state index in [-0.39, 0.29) is 5.41 Å². The van der Waals surface area contributed by atoms with Crippen LogP contribution in [0.4, 0.5) is 0 Å². The summed E-state index contributed by atoms with van der Waals surface area (Å²) in [6, 6.07) is 68.5. The molecule has 66 heavy (non-hydrogen) atoms. The van der Waals surface area contributed by atoms with Crippen molar-refractivity contribution in [3.05, 3.63) is 205 Å². The van der Waals surface area contributed by atoms with E-state index in [4.69, 9.17) is 23.8 Å². The summed E-state index contributed by atoms with van der Waals surface area (Å²) in [5.41, 5.74) is 17.1. The molecule has 1 aliphatic rings. The van der Waals surface area contributed by atoms with Gasteiger partial charge in [-0.15, -0.1) is 0 Å². The topological polar surface area (TPSA) is 69.9 Å². The number of para-hydroxylation sites is 3. The molecular weight excluding hydrogens is 809 g/mol. The highest BCUT2D eigenvalue weighted by molar-refractivity contribution is 6.11. The molecule has 0 spiro atoms. The molecule has 310 valence electrons. The van der Waals surface area contributed by atoms with Gasteiger partial charge in [-0.25, -0.2) is 15.0 Å². The van der Waals surface area contributed by atoms with Crippen molar-refractivity contribution >= 4 is 65.7 Å². The van der Waals surface area contributed by atoms with Gasteiger partial charge in [0.2, 0.25) is 0 Å². The molecule has 4 aromatic heterocycles. The molecule has 4 heterocycles. The van der Waals surface area contributed by atoms with Gasteiger partial charge in [-0.2, -0.15) is 0 Å². The Bertz CT molecular complexity index is 4140. The summed E-state index contributed by atoms with van der Waals surface area (Å²) in [6.45, 7) is 4.67. The Balaban J connectivity index is 0.844. The van der Waals surface area contributed by atoms with Gasteiger partial charge >= 0.3 is 0 Å². The highest BCUT2D eigenvalue weighted by atomic mass is 16.3. The van der Waals surface area contributed by atoms with Crippen molar-refractivity contribution in [1.82, 2.24) is 19.5 Å². The molecule has 0 saturated carbocycles. The van der Waals surface area contributed by atoms with Crippen LogP contribution in [-0.2, 0) is 5.41 Å². The third-order valence-electron chi connectivity index (χ3n) is 13.9. The summed E-state index contributed by atoms with van der Waals surface area (Å²) in [4.78, 5) is 15.2. The fourth-order valence-electron chi connectivity index (χ4n) is 10.5. The van der Waals surface area contributed by atoms with Crippen LogP contribution in [0.15, 0.2) is 203 Å². The third kappa shape index (κ3) is 5.45. The fraction of sp³-hybridized carbons (Fsp3) is 0.0500. The van der Waals surface area contributed by atoms with Crippen LogP contribution in [-0.4, -0.2) is 19.5 Å². The molecule has 0 saturated heterocycles. The number of hydrogen-bond donors (Lipinski definition) is 0. The second kappa shape index (κ2) is 13.7. The smallest absolute Gasteiger partial charge is 0.164 e. The SMILES string of the molecule is CC1(C)c2cc(-c3ccc4c(c3)c3ccccc3n4-c3ccc(-c4nc(-c5ccccc5)nc(-c5ccc6oc7ccccc7c6c5)n4)cc3)ccc2-c2cc3c(cc21)oc1ccccc13. The lowest BCUT2D eigenvalue weighted by atomic mass is 9.81. The minimum absolute atomic E-state index is 0.185. The van der Waals surface area contributed by atoms with Crippen LogP contribution in [0.1, 0.15) is 25.0 Å². The first-order valence-electron chi connectivity index (χ1n) is 22.4. The molecule has 9 aromatic carbocycles. The van der Waals surface area contributed by atoms with Crippen molar-refractivity contribution in [3.63, 3.8) is 0 Å². The summed E-state index contributed by atoms with van der Waals surface area (Å²) in [5.74, 6) is 1.84. The summed E-state index contributed by atoms with van der Waals surface area (Å²) in [5, 5.41) is 6.83. The molecule has 1 aliphatic carbocycles. The van der Waals surface area contributed by atoms with Gasteiger partial charge in [0.05, 0.1) is 11.0 Å². The van der Waals surface area contributed by atoms with Crippen molar-refractivity contribution in [1.29, 1.82) is 0 Å². The first kappa shape index (κ1) is 36.8. The van der Waals surface area contributed by atoms with Gasteiger partial charge in [0, 0.05) is 60.1 Å². The quantitative estimate of drug-likeness (QED) is 0.173. The van der Waals surface area contributed by atoms with E-state index in [0.717, 1.165) is 71.9 Å². The lowest BCUT2D eigenvalue weighted by Gasteiger charge is -2.22. The molecule has 0 amide bonds. The van der Waals surface area contributed by atoms with E-state index < -0.39 is 0 Å². The molecule has 6 nitrogen and oxygen atoms in total. The minimum Gasteiger partial charge on any atom is -0.456 e. The Morgan fingerprint density at radius 1 is 0.348 bits per heavy atom. The largest absolute Gasteiger partial charge is 0.456 e. The summed E-state index contributed by atoms with van der Waals surface area (Å²) in [6.07, 6.45) is 0. The highest BCUT2D eigenvalue weighted by Gasteiger charge is 2.36. The highest BCUT2D eigenvalue weighted by Crippen LogP contribution is 2.52. The summed E-state index contributed by atoms with van der Waals surface area (Å²) >= 11 is 0. The average molecular weight is 847 g/mol. The minimum atomic E-state index is -0.185. The van der Waals surface area contributed by atoms with Gasteiger partial charge in [0.1, 0.15) is 22.3 Å². The zero-order chi connectivity index (χ0) is 43.7. The first-order valence-corrected chi connectivity index (χ1v) is 22.4. The van der Waals surface area contributed by atoms with Gasteiger partial charge in [-0.05, 0) is 124 Å². The Kier molecular flexibility index (Phi) is 7.64. The van der Waals surface area contributed by atoms with Crippen LogP contribution < -0.4 is 0 Å². The monoisotopic (exact) mass is 846 g/mol. The van der Waals surface area contributed by atoms with E-state index in [2.05, 4.69) is 146 Å². The van der Waals surface area contributed by atoms with Crippen molar-refractivity contribution in [2.24, 2.45) is 0 Å². The molecule has 0 N–H and O–H groups in total. The maximum absolute atomic E-state index is 6.34. The van der Waals surface area contributed by atoms with Crippen LogP contribution >= 0.6 is 0 Å². The maximum atomic E-state index is 6.34. The molecule has 13 aromatic rings. The van der Waals surface area contributed by atoms with E-state index in [1.54, 1.807) is 0 Å². The average Bonchev–Trinajstić information content (AvgIpc) is 4.09. The van der Waals surface area contributed by atoms with Gasteiger partial charge in [0.15, 0.2) is 17.5 Å². The van der Waals surface area contributed by atoms with Crippen LogP contribution in [0.2, 0.25) is 0 Å². The Labute approximate surface area is 379 Å². The number of rotatable bonds is 5. The molecule has 14 rings (SSSR count). The third-order valence-corrected chi connectivity index (χ3v) is 13.9. The zero-order valence-corrected chi connectivity index (χ0v) is 36.1. The van der Waals surface area contributed by atoms with E-state index in [9.17, 15) is 0 Å². The number of fused-ring (bicyclic) bond motifs is 12. The van der Waals surface area contributed by atoms with Crippen LogP contribution in [0.5, 0.6) is 0 Å². The molecule has 0 aliphatic heterocycles. The van der Waals surface area contributed by atoms with Crippen molar-refractivity contribution in [3.8, 4) is 62.1 Å². The second-order valence-electron chi connectivity index (χ2n) is 18.0. The van der Waals surface area contributed by atoms with E-state index >= 15 is 0 Å². The van der Waals surface area contributed by atoms with Crippen LogP contribution in [0, 0.1) is 0 Å². The number of aromatic nitrogens is 4. The Hall–Kier alpha value is -8.61. The number of furan rings is 2. The maximum Gasteiger partial charge on any atom is 0.164 e. The molecule has 0 unspecified atom stereocenters. The van der Waals surface area contributed by atoms with E-state index in [1.165, 1.54) is 49.5 Å². The molecule has 6 heteroatoms. The Morgan fingerprint density at radius 3 is 1.62 bits per heavy atom. The normalized spacial score (nSPS) is 13.1. The van der Waals surface area contributed by atoms with Crippen molar-refractivity contribution in [2.75, 3.05) is 0 Å². The van der Waals surface area contributed by atoms with Gasteiger partial charge < -0.3 is 13.4 Å². The van der Waals surface area contributed by atoms with Gasteiger partial charge in [-0.3, -0.25) is 0 Å². The molecule has 0 bridgehead atoms. The van der Waals surface area contributed by atoms with E-state index in [1.807, 2.05) is 66.7 Å². The number of hydrogen-bond acceptors (Lipinski definition) is 5. The summed E-state index contributed by atoms with van der Waals surface area (Å²) < 4.78 is 14.8. The summed E-state index contributed by atoms with van der Waals surface area (Å²) in [7, 11) is 0. The van der Waals surface area contributed by atoms with Gasteiger partial charge in [0.25, 0.3) is 0 Å². The van der Waals surface area contributed by atoms with Crippen LogP contribution in [0.3, 0.4) is 0 Å². The lowest BCUT2D eigenvalue weighted by Crippen LogP contribution is -2.15. The first-order chi connectivity index (χ1) is 32.4. The predicted octanol–water partition coefficient (Wildman–Crippen LogP) is 15.7. The molecular formula is C60H38N4O2. The molecule has 0 fully saturated rings. The van der Waals surface area contributed by atoms with Crippen molar-refractivity contribution < 1.29 is 8.83 Å². The zero-order valence-electron chi connectivity index (χ0n) is 36.1. The Morgan fingerprint density at radius 2 is 0.864 bits per heavy atom. The fourth-order valence-corrected chi connectivity index (χ4v) is 10.5. The lowest BCUT2D eigenvalue weighted by molar-refractivity contribution is 0.647. The molecule has 0 atom stereocenters. The standard InChI is InChI=1S/C60H38N4O2/c1-60(2)49-32-38(22-27-41(49)45-33-48-44-16-8-11-19-54(44)66-56(48)34-50(45)60)37-23-28-52-46(30-37)42-14-6-9-17-51(42)64(52)40-25-20-36(21-26-40)58-61-57(35-12-4-3-5-13-35)62-59(63-58)39-24-29-55-47(31-39)43-15-7-10-18-53(43)65-55/h3-34H,1-2H3. The van der Waals surface area contributed by atoms with Crippen molar-refractivity contribution in [2.45, 2.75) is 19.3 Å². The molecule has 0 radical (unpaired) electrons. The number of nitrogens with zero attached hydrogens (tertiary/aromatic N) is 4. The second-order valence-corrected chi connectivity index (χ2v) is 18.0. The number of benzene rings is 9. The van der Waals surface area contributed by atoms with Gasteiger partial charge in [-0.1, -0.05) is 117 Å².